The summed E-state index contributed by atoms with van der Waals surface area (Å²) in [6, 6.07) is 0. The van der Waals surface area contributed by atoms with E-state index in [2.05, 4.69) is 11.1 Å². The highest BCUT2D eigenvalue weighted by Crippen LogP contribution is 2.33. The molecule has 0 saturated carbocycles. The fraction of sp³-hybridized carbons (Fsp3) is 0.600. The maximum atomic E-state index is 10.5. The van der Waals surface area contributed by atoms with Crippen LogP contribution in [0.1, 0.15) is 0 Å². The minimum atomic E-state index is -2.20. The molecule has 0 amide bonds. The Morgan fingerprint density at radius 2 is 2.70 bits per heavy atom. The van der Waals surface area contributed by atoms with Gasteiger partial charge in [0.2, 0.25) is 0 Å². The normalized spacial score (nSPS) is 32.0. The van der Waals surface area contributed by atoms with Crippen LogP contribution in [0.25, 0.3) is 0 Å². The van der Waals surface area contributed by atoms with Crippen LogP contribution < -0.4 is 0 Å². The molecule has 4 nitrogen and oxygen atoms in total. The van der Waals surface area contributed by atoms with Gasteiger partial charge in [-0.3, -0.25) is 4.57 Å². The van der Waals surface area contributed by atoms with Crippen molar-refractivity contribution in [2.45, 2.75) is 6.10 Å². The Morgan fingerprint density at radius 1 is 1.90 bits per heavy atom. The van der Waals surface area contributed by atoms with Gasteiger partial charge >= 0.3 is 8.25 Å². The highest BCUT2D eigenvalue weighted by molar-refractivity contribution is 7.33. The van der Waals surface area contributed by atoms with Crippen molar-refractivity contribution in [1.29, 1.82) is 0 Å². The summed E-state index contributed by atoms with van der Waals surface area (Å²) in [4.78, 5) is 0. The Kier molecular flexibility index (Phi) is 2.93. The second kappa shape index (κ2) is 3.76. The van der Waals surface area contributed by atoms with Gasteiger partial charge in [0.25, 0.3) is 0 Å². The van der Waals surface area contributed by atoms with Gasteiger partial charge in [-0.05, 0) is 0 Å². The molecule has 1 aliphatic heterocycles. The molecule has 58 valence electrons. The molecule has 0 aliphatic carbocycles. The molecule has 2 unspecified atom stereocenters. The summed E-state index contributed by atoms with van der Waals surface area (Å²) in [6.07, 6.45) is 1.13. The molecule has 1 fully saturated rings. The molecule has 1 aliphatic rings. The smallest absolute Gasteiger partial charge is 0.319 e. The standard InChI is InChI=1S/C5H9O4P/c1-2-7-3-5-4-8-10(6)9-5/h2,5,10H,1,3-4H2. The molecule has 0 aromatic rings. The van der Waals surface area contributed by atoms with E-state index in [1.165, 1.54) is 6.26 Å². The van der Waals surface area contributed by atoms with Crippen molar-refractivity contribution in [2.75, 3.05) is 13.2 Å². The zero-order valence-corrected chi connectivity index (χ0v) is 6.41. The third-order valence-electron chi connectivity index (χ3n) is 1.05. The fourth-order valence-electron chi connectivity index (χ4n) is 0.623. The van der Waals surface area contributed by atoms with Crippen molar-refractivity contribution < 1.29 is 18.3 Å². The first-order valence-corrected chi connectivity index (χ1v) is 4.11. The Bertz CT molecular complexity index is 147. The van der Waals surface area contributed by atoms with E-state index >= 15 is 0 Å². The number of hydrogen-bond acceptors (Lipinski definition) is 4. The molecule has 0 N–H and O–H groups in total. The summed E-state index contributed by atoms with van der Waals surface area (Å²) in [5.41, 5.74) is 0. The van der Waals surface area contributed by atoms with Gasteiger partial charge in [0.15, 0.2) is 0 Å². The van der Waals surface area contributed by atoms with Gasteiger partial charge in [0, 0.05) is 0 Å². The summed E-state index contributed by atoms with van der Waals surface area (Å²) in [5, 5.41) is 0. The second-order valence-corrected chi connectivity index (χ2v) is 2.83. The lowest BCUT2D eigenvalue weighted by molar-refractivity contribution is 0.121. The van der Waals surface area contributed by atoms with Gasteiger partial charge in [-0.15, -0.1) is 0 Å². The lowest BCUT2D eigenvalue weighted by atomic mass is 10.4. The van der Waals surface area contributed by atoms with Crippen LogP contribution >= 0.6 is 8.25 Å². The van der Waals surface area contributed by atoms with E-state index in [4.69, 9.17) is 9.26 Å². The number of ether oxygens (including phenoxy) is 1. The maximum absolute atomic E-state index is 10.5. The SMILES string of the molecule is C=COCC1CO[PH](=O)O1. The van der Waals surface area contributed by atoms with E-state index in [1.807, 2.05) is 0 Å². The summed E-state index contributed by atoms with van der Waals surface area (Å²) in [6.45, 7) is 4.07. The van der Waals surface area contributed by atoms with Crippen LogP contribution in [-0.4, -0.2) is 19.3 Å². The molecule has 0 aromatic heterocycles. The molecule has 1 rings (SSSR count). The molecule has 2 atom stereocenters. The lowest BCUT2D eigenvalue weighted by Gasteiger charge is -2.03. The van der Waals surface area contributed by atoms with Crippen LogP contribution in [0.4, 0.5) is 0 Å². The van der Waals surface area contributed by atoms with Crippen LogP contribution in [0.2, 0.25) is 0 Å². The van der Waals surface area contributed by atoms with Crippen LogP contribution in [0.15, 0.2) is 12.8 Å². The van der Waals surface area contributed by atoms with Crippen molar-refractivity contribution in [3.05, 3.63) is 12.8 Å². The molecular formula is C5H9O4P. The van der Waals surface area contributed by atoms with Crippen LogP contribution in [0, 0.1) is 0 Å². The van der Waals surface area contributed by atoms with E-state index in [-0.39, 0.29) is 6.10 Å². The Labute approximate surface area is 59.7 Å². The topological polar surface area (TPSA) is 44.8 Å². The molecule has 0 spiro atoms. The average molecular weight is 164 g/mol. The molecule has 0 aromatic carbocycles. The summed E-state index contributed by atoms with van der Waals surface area (Å²) >= 11 is 0. The molecule has 0 radical (unpaired) electrons. The largest absolute Gasteiger partial charge is 0.499 e. The monoisotopic (exact) mass is 164 g/mol. The van der Waals surface area contributed by atoms with Crippen molar-refractivity contribution in [2.24, 2.45) is 0 Å². The minimum Gasteiger partial charge on any atom is -0.499 e. The second-order valence-electron chi connectivity index (χ2n) is 1.80. The predicted octanol–water partition coefficient (Wildman–Crippen LogP) is 0.952. The third-order valence-corrected chi connectivity index (χ3v) is 1.98. The van der Waals surface area contributed by atoms with Crippen molar-refractivity contribution in [3.8, 4) is 0 Å². The van der Waals surface area contributed by atoms with E-state index in [0.717, 1.165) is 0 Å². The molecular weight excluding hydrogens is 155 g/mol. The molecule has 0 bridgehead atoms. The molecule has 5 heteroatoms. The highest BCUT2D eigenvalue weighted by Gasteiger charge is 2.21. The van der Waals surface area contributed by atoms with Crippen LogP contribution in [0.3, 0.4) is 0 Å². The van der Waals surface area contributed by atoms with Crippen LogP contribution in [-0.2, 0) is 18.3 Å². The zero-order chi connectivity index (χ0) is 7.40. The fourth-order valence-corrected chi connectivity index (χ4v) is 1.42. The Hall–Kier alpha value is -0.310. The first-order chi connectivity index (χ1) is 4.83. The van der Waals surface area contributed by atoms with Gasteiger partial charge in [-0.1, -0.05) is 6.58 Å². The predicted molar refractivity (Wildman–Crippen MR) is 36.0 cm³/mol. The Balaban J connectivity index is 2.18. The minimum absolute atomic E-state index is 0.190. The van der Waals surface area contributed by atoms with E-state index < -0.39 is 8.25 Å². The number of rotatable bonds is 3. The summed E-state index contributed by atoms with van der Waals surface area (Å²) in [5.74, 6) is 0. The van der Waals surface area contributed by atoms with E-state index in [9.17, 15) is 4.57 Å². The first-order valence-electron chi connectivity index (χ1n) is 2.89. The zero-order valence-electron chi connectivity index (χ0n) is 5.41. The third kappa shape index (κ3) is 2.14. The molecule has 1 heterocycles. The van der Waals surface area contributed by atoms with Crippen molar-refractivity contribution in [3.63, 3.8) is 0 Å². The van der Waals surface area contributed by atoms with Crippen molar-refractivity contribution in [1.82, 2.24) is 0 Å². The van der Waals surface area contributed by atoms with Crippen molar-refractivity contribution >= 4 is 8.25 Å². The van der Waals surface area contributed by atoms with Gasteiger partial charge in [0.1, 0.15) is 12.7 Å². The van der Waals surface area contributed by atoms with E-state index in [1.54, 1.807) is 0 Å². The average Bonchev–Trinajstić information content (AvgIpc) is 2.31. The van der Waals surface area contributed by atoms with Crippen LogP contribution in [0.5, 0.6) is 0 Å². The quantitative estimate of drug-likeness (QED) is 0.460. The summed E-state index contributed by atoms with van der Waals surface area (Å²) in [7, 11) is -2.20. The van der Waals surface area contributed by atoms with E-state index in [0.29, 0.717) is 13.2 Å². The van der Waals surface area contributed by atoms with Gasteiger partial charge in [-0.2, -0.15) is 0 Å². The summed E-state index contributed by atoms with van der Waals surface area (Å²) < 4.78 is 24.8. The first kappa shape index (κ1) is 7.79. The molecule has 10 heavy (non-hydrogen) atoms. The Morgan fingerprint density at radius 3 is 3.20 bits per heavy atom. The number of hydrogen-bond donors (Lipinski definition) is 0. The van der Waals surface area contributed by atoms with Gasteiger partial charge in [-0.25, -0.2) is 0 Å². The highest BCUT2D eigenvalue weighted by atomic mass is 31.1. The maximum Gasteiger partial charge on any atom is 0.319 e. The van der Waals surface area contributed by atoms with Gasteiger partial charge < -0.3 is 13.8 Å². The van der Waals surface area contributed by atoms with Gasteiger partial charge in [0.05, 0.1) is 12.9 Å². The molecule has 1 saturated heterocycles. The lowest BCUT2D eigenvalue weighted by Crippen LogP contribution is -2.14.